The number of hydrogen-bond acceptors (Lipinski definition) is 4. The van der Waals surface area contributed by atoms with Crippen molar-refractivity contribution in [3.8, 4) is 0 Å². The molecule has 28 heavy (non-hydrogen) atoms. The van der Waals surface area contributed by atoms with Crippen LogP contribution >= 0.6 is 11.6 Å². The monoisotopic (exact) mass is 415 g/mol. The average Bonchev–Trinajstić information content (AvgIpc) is 2.69. The van der Waals surface area contributed by atoms with Crippen molar-refractivity contribution < 1.29 is 8.42 Å². The van der Waals surface area contributed by atoms with Gasteiger partial charge in [0.05, 0.1) is 11.3 Å². The second-order valence-corrected chi connectivity index (χ2v) is 9.48. The van der Waals surface area contributed by atoms with E-state index in [1.807, 2.05) is 54.6 Å². The fourth-order valence-corrected chi connectivity index (χ4v) is 5.35. The maximum atomic E-state index is 12.7. The Morgan fingerprint density at radius 1 is 1.07 bits per heavy atom. The summed E-state index contributed by atoms with van der Waals surface area (Å²) in [4.78, 5) is 4.37. The molecule has 3 aromatic rings. The van der Waals surface area contributed by atoms with Gasteiger partial charge in [0.25, 0.3) is 0 Å². The van der Waals surface area contributed by atoms with E-state index in [1.54, 1.807) is 10.5 Å². The van der Waals surface area contributed by atoms with Crippen molar-refractivity contribution in [2.45, 2.75) is 24.6 Å². The van der Waals surface area contributed by atoms with Gasteiger partial charge >= 0.3 is 0 Å². The molecule has 0 atom stereocenters. The van der Waals surface area contributed by atoms with Gasteiger partial charge in [-0.05, 0) is 42.7 Å². The van der Waals surface area contributed by atoms with E-state index in [2.05, 4.69) is 10.3 Å². The minimum atomic E-state index is -3.29. The number of rotatable bonds is 5. The predicted molar refractivity (Wildman–Crippen MR) is 114 cm³/mol. The van der Waals surface area contributed by atoms with Crippen LogP contribution in [0.2, 0.25) is 5.02 Å². The van der Waals surface area contributed by atoms with Gasteiger partial charge in [-0.25, -0.2) is 12.7 Å². The van der Waals surface area contributed by atoms with Crippen LogP contribution in [-0.4, -0.2) is 36.8 Å². The maximum absolute atomic E-state index is 12.7. The van der Waals surface area contributed by atoms with E-state index in [4.69, 9.17) is 11.6 Å². The zero-order valence-electron chi connectivity index (χ0n) is 15.4. The highest BCUT2D eigenvalue weighted by Crippen LogP contribution is 2.27. The molecule has 5 nitrogen and oxygen atoms in total. The Balaban J connectivity index is 1.41. The summed E-state index contributed by atoms with van der Waals surface area (Å²) in [6, 6.07) is 17.1. The van der Waals surface area contributed by atoms with Gasteiger partial charge in [-0.3, -0.25) is 4.98 Å². The Morgan fingerprint density at radius 2 is 1.82 bits per heavy atom. The number of nitrogens with zero attached hydrogens (tertiary/aromatic N) is 2. The molecule has 2 heterocycles. The number of aromatic nitrogens is 1. The van der Waals surface area contributed by atoms with Gasteiger partial charge in [0.1, 0.15) is 0 Å². The molecule has 4 rings (SSSR count). The lowest BCUT2D eigenvalue weighted by Gasteiger charge is -2.32. The van der Waals surface area contributed by atoms with E-state index in [-0.39, 0.29) is 11.8 Å². The molecule has 2 aromatic carbocycles. The first-order chi connectivity index (χ1) is 13.5. The first kappa shape index (κ1) is 19.2. The zero-order chi connectivity index (χ0) is 19.6. The van der Waals surface area contributed by atoms with E-state index < -0.39 is 10.0 Å². The predicted octanol–water partition coefficient (Wildman–Crippen LogP) is 4.29. The van der Waals surface area contributed by atoms with E-state index in [9.17, 15) is 8.42 Å². The van der Waals surface area contributed by atoms with Gasteiger partial charge in [-0.15, -0.1) is 0 Å². The Bertz CT molecular complexity index is 1070. The van der Waals surface area contributed by atoms with Crippen LogP contribution in [0.5, 0.6) is 0 Å². The van der Waals surface area contributed by atoms with Crippen molar-refractivity contribution >= 4 is 38.2 Å². The molecule has 0 bridgehead atoms. The van der Waals surface area contributed by atoms with Crippen LogP contribution in [0.15, 0.2) is 60.8 Å². The highest BCUT2D eigenvalue weighted by molar-refractivity contribution is 7.88. The van der Waals surface area contributed by atoms with Crippen molar-refractivity contribution in [2.75, 3.05) is 18.4 Å². The number of anilines is 1. The van der Waals surface area contributed by atoms with Crippen LogP contribution in [0.4, 0.5) is 5.69 Å². The van der Waals surface area contributed by atoms with Crippen molar-refractivity contribution in [3.05, 3.63) is 71.4 Å². The lowest BCUT2D eigenvalue weighted by Crippen LogP contribution is -2.42. The van der Waals surface area contributed by atoms with Gasteiger partial charge in [0, 0.05) is 41.4 Å². The lowest BCUT2D eigenvalue weighted by molar-refractivity contribution is 0.329. The number of hydrogen-bond donors (Lipinski definition) is 1. The largest absolute Gasteiger partial charge is 0.382 e. The summed E-state index contributed by atoms with van der Waals surface area (Å²) < 4.78 is 27.0. The molecule has 1 aromatic heterocycles. The number of benzene rings is 2. The molecule has 1 N–H and O–H groups in total. The molecule has 7 heteroatoms. The lowest BCUT2D eigenvalue weighted by atomic mass is 10.1. The van der Waals surface area contributed by atoms with Gasteiger partial charge < -0.3 is 5.32 Å². The SMILES string of the molecule is O=S(=O)(Cc1ccccc1)N1CCC(Nc2ccnc3ccc(Cl)cc23)CC1. The second-order valence-electron chi connectivity index (χ2n) is 7.08. The molecule has 1 aliphatic rings. The Kier molecular flexibility index (Phi) is 5.53. The first-order valence-corrected chi connectivity index (χ1v) is 11.3. The third kappa shape index (κ3) is 4.29. The maximum Gasteiger partial charge on any atom is 0.218 e. The number of halogens is 1. The van der Waals surface area contributed by atoms with Crippen LogP contribution in [0.1, 0.15) is 18.4 Å². The van der Waals surface area contributed by atoms with E-state index in [1.165, 1.54) is 0 Å². The van der Waals surface area contributed by atoms with Crippen LogP contribution < -0.4 is 5.32 Å². The molecule has 1 fully saturated rings. The van der Waals surface area contributed by atoms with Crippen LogP contribution in [0.25, 0.3) is 10.9 Å². The van der Waals surface area contributed by atoms with Crippen molar-refractivity contribution in [2.24, 2.45) is 0 Å². The van der Waals surface area contributed by atoms with E-state index in [0.29, 0.717) is 18.1 Å². The zero-order valence-corrected chi connectivity index (χ0v) is 17.0. The summed E-state index contributed by atoms with van der Waals surface area (Å²) >= 11 is 6.14. The number of sulfonamides is 1. The smallest absolute Gasteiger partial charge is 0.218 e. The number of pyridine rings is 1. The molecule has 0 amide bonds. The highest BCUT2D eigenvalue weighted by Gasteiger charge is 2.28. The summed E-state index contributed by atoms with van der Waals surface area (Å²) in [7, 11) is -3.29. The standard InChI is InChI=1S/C21H22ClN3O2S/c22-17-6-7-20-19(14-17)21(8-11-23-20)24-18-9-12-25(13-10-18)28(26,27)15-16-4-2-1-3-5-16/h1-8,11,14,18H,9-10,12-13,15H2,(H,23,24). The molecule has 1 saturated heterocycles. The third-order valence-electron chi connectivity index (χ3n) is 5.10. The Morgan fingerprint density at radius 3 is 2.57 bits per heavy atom. The minimum Gasteiger partial charge on any atom is -0.382 e. The van der Waals surface area contributed by atoms with E-state index in [0.717, 1.165) is 35.0 Å². The van der Waals surface area contributed by atoms with Crippen LogP contribution in [-0.2, 0) is 15.8 Å². The Hall–Kier alpha value is -2.15. The normalized spacial score (nSPS) is 16.3. The van der Waals surface area contributed by atoms with Gasteiger partial charge in [-0.1, -0.05) is 41.9 Å². The summed E-state index contributed by atoms with van der Waals surface area (Å²) in [5.74, 6) is 0.0550. The summed E-state index contributed by atoms with van der Waals surface area (Å²) in [5, 5.41) is 5.20. The molecule has 0 radical (unpaired) electrons. The number of piperidine rings is 1. The van der Waals surface area contributed by atoms with Gasteiger partial charge in [0.2, 0.25) is 10.0 Å². The molecular weight excluding hydrogens is 394 g/mol. The summed E-state index contributed by atoms with van der Waals surface area (Å²) in [6.07, 6.45) is 3.30. The van der Waals surface area contributed by atoms with Crippen molar-refractivity contribution in [1.82, 2.24) is 9.29 Å². The van der Waals surface area contributed by atoms with Crippen LogP contribution in [0.3, 0.4) is 0 Å². The molecule has 0 aliphatic carbocycles. The number of nitrogens with one attached hydrogen (secondary N) is 1. The molecule has 0 spiro atoms. The molecule has 0 unspecified atom stereocenters. The van der Waals surface area contributed by atoms with Crippen molar-refractivity contribution in [3.63, 3.8) is 0 Å². The van der Waals surface area contributed by atoms with Crippen molar-refractivity contribution in [1.29, 1.82) is 0 Å². The summed E-state index contributed by atoms with van der Waals surface area (Å²) in [5.41, 5.74) is 2.69. The third-order valence-corrected chi connectivity index (χ3v) is 7.19. The topological polar surface area (TPSA) is 62.3 Å². The minimum absolute atomic E-state index is 0.0550. The molecule has 146 valence electrons. The highest BCUT2D eigenvalue weighted by atomic mass is 35.5. The van der Waals surface area contributed by atoms with Gasteiger partial charge in [0.15, 0.2) is 0 Å². The number of fused-ring (bicyclic) bond motifs is 1. The average molecular weight is 416 g/mol. The second kappa shape index (κ2) is 8.07. The molecular formula is C21H22ClN3O2S. The fraction of sp³-hybridized carbons (Fsp3) is 0.286. The van der Waals surface area contributed by atoms with Gasteiger partial charge in [-0.2, -0.15) is 0 Å². The first-order valence-electron chi connectivity index (χ1n) is 9.34. The van der Waals surface area contributed by atoms with E-state index >= 15 is 0 Å². The fourth-order valence-electron chi connectivity index (χ4n) is 3.62. The summed E-state index contributed by atoms with van der Waals surface area (Å²) in [6.45, 7) is 1.05. The Labute approximate surface area is 170 Å². The molecule has 1 aliphatic heterocycles. The van der Waals surface area contributed by atoms with Crippen LogP contribution in [0, 0.1) is 0 Å². The molecule has 0 saturated carbocycles. The quantitative estimate of drug-likeness (QED) is 0.675.